The number of esters is 1. The minimum atomic E-state index is -3.30. The van der Waals surface area contributed by atoms with Crippen molar-refractivity contribution in [1.29, 1.82) is 0 Å². The van der Waals surface area contributed by atoms with Crippen molar-refractivity contribution < 1.29 is 17.9 Å². The number of methoxy groups -OCH3 is 1. The third-order valence-electron chi connectivity index (χ3n) is 2.32. The van der Waals surface area contributed by atoms with Gasteiger partial charge in [-0.05, 0) is 24.6 Å². The van der Waals surface area contributed by atoms with Crippen LogP contribution in [-0.4, -0.2) is 27.2 Å². The van der Waals surface area contributed by atoms with Gasteiger partial charge in [0.2, 0.25) is 0 Å². The van der Waals surface area contributed by atoms with E-state index in [0.717, 1.165) is 0 Å². The van der Waals surface area contributed by atoms with Gasteiger partial charge in [0.1, 0.15) is 0 Å². The maximum atomic E-state index is 11.7. The van der Waals surface area contributed by atoms with Crippen LogP contribution in [0.25, 0.3) is 0 Å². The predicted molar refractivity (Wildman–Crippen MR) is 60.2 cm³/mol. The molecule has 0 bridgehead atoms. The molecule has 1 aromatic rings. The molecule has 0 aliphatic heterocycles. The smallest absolute Gasteiger partial charge is 0.337 e. The number of ether oxygens (including phenoxy) is 1. The summed E-state index contributed by atoms with van der Waals surface area (Å²) in [6, 6.07) is 4.52. The summed E-state index contributed by atoms with van der Waals surface area (Å²) in [5, 5.41) is 0. The maximum Gasteiger partial charge on any atom is 0.337 e. The van der Waals surface area contributed by atoms with Crippen LogP contribution in [0.3, 0.4) is 0 Å². The van der Waals surface area contributed by atoms with Crippen molar-refractivity contribution in [2.75, 3.05) is 12.9 Å². The van der Waals surface area contributed by atoms with Gasteiger partial charge in [-0.2, -0.15) is 0 Å². The van der Waals surface area contributed by atoms with E-state index in [0.29, 0.717) is 5.56 Å². The fourth-order valence-corrected chi connectivity index (χ4v) is 2.51. The number of benzene rings is 1. The highest BCUT2D eigenvalue weighted by Crippen LogP contribution is 2.18. The topological polar surface area (TPSA) is 60.4 Å². The monoisotopic (exact) mass is 242 g/mol. The zero-order chi connectivity index (χ0) is 12.3. The summed E-state index contributed by atoms with van der Waals surface area (Å²) in [4.78, 5) is 11.5. The van der Waals surface area contributed by atoms with Crippen molar-refractivity contribution in [2.24, 2.45) is 0 Å². The van der Waals surface area contributed by atoms with E-state index in [-0.39, 0.29) is 16.2 Å². The standard InChI is InChI=1S/C11H14O4S/c1-4-16(13,14)10-7-9(11(12)15-3)6-5-8(10)2/h5-7H,4H2,1-3H3. The second kappa shape index (κ2) is 4.65. The molecule has 0 N–H and O–H groups in total. The third-order valence-corrected chi connectivity index (χ3v) is 4.19. The Morgan fingerprint density at radius 2 is 2.00 bits per heavy atom. The summed E-state index contributed by atoms with van der Waals surface area (Å²) < 4.78 is 28.0. The minimum absolute atomic E-state index is 0.0124. The summed E-state index contributed by atoms with van der Waals surface area (Å²) >= 11 is 0. The summed E-state index contributed by atoms with van der Waals surface area (Å²) in [5.41, 5.74) is 0.884. The zero-order valence-corrected chi connectivity index (χ0v) is 10.3. The van der Waals surface area contributed by atoms with Crippen LogP contribution in [0.1, 0.15) is 22.8 Å². The summed E-state index contributed by atoms with van der Waals surface area (Å²) in [6.07, 6.45) is 0. The first-order chi connectivity index (χ1) is 7.42. The molecule has 0 heterocycles. The molecule has 0 saturated heterocycles. The molecule has 4 nitrogen and oxygen atoms in total. The molecule has 1 rings (SSSR count). The Bertz CT molecular complexity index is 503. The number of carbonyl (C=O) groups excluding carboxylic acids is 1. The summed E-state index contributed by atoms with van der Waals surface area (Å²) in [5.74, 6) is -0.522. The molecule has 0 atom stereocenters. The normalized spacial score (nSPS) is 11.2. The Morgan fingerprint density at radius 1 is 1.38 bits per heavy atom. The van der Waals surface area contributed by atoms with Crippen LogP contribution in [0.4, 0.5) is 0 Å². The van der Waals surface area contributed by atoms with Crippen LogP contribution in [0, 0.1) is 6.92 Å². The van der Waals surface area contributed by atoms with Gasteiger partial charge in [0, 0.05) is 0 Å². The number of sulfone groups is 1. The molecule has 0 radical (unpaired) electrons. The molecule has 0 aliphatic rings. The fourth-order valence-electron chi connectivity index (χ4n) is 1.34. The molecule has 5 heteroatoms. The van der Waals surface area contributed by atoms with Gasteiger partial charge >= 0.3 is 5.97 Å². The number of rotatable bonds is 3. The zero-order valence-electron chi connectivity index (χ0n) is 9.48. The van der Waals surface area contributed by atoms with E-state index in [4.69, 9.17) is 0 Å². The number of carbonyl (C=O) groups is 1. The summed E-state index contributed by atoms with van der Waals surface area (Å²) in [7, 11) is -2.04. The number of aryl methyl sites for hydroxylation is 1. The fraction of sp³-hybridized carbons (Fsp3) is 0.364. The molecule has 0 aliphatic carbocycles. The van der Waals surface area contributed by atoms with Crippen LogP contribution in [0.15, 0.2) is 23.1 Å². The van der Waals surface area contributed by atoms with E-state index >= 15 is 0 Å². The molecule has 88 valence electrons. The highest BCUT2D eigenvalue weighted by molar-refractivity contribution is 7.91. The van der Waals surface area contributed by atoms with E-state index in [9.17, 15) is 13.2 Å². The lowest BCUT2D eigenvalue weighted by molar-refractivity contribution is 0.0600. The number of hydrogen-bond donors (Lipinski definition) is 0. The number of hydrogen-bond acceptors (Lipinski definition) is 4. The van der Waals surface area contributed by atoms with Crippen LogP contribution in [-0.2, 0) is 14.6 Å². The van der Waals surface area contributed by atoms with Crippen LogP contribution >= 0.6 is 0 Å². The van der Waals surface area contributed by atoms with Crippen LogP contribution < -0.4 is 0 Å². The Morgan fingerprint density at radius 3 is 2.50 bits per heavy atom. The SMILES string of the molecule is CCS(=O)(=O)c1cc(C(=O)OC)ccc1C. The van der Waals surface area contributed by atoms with E-state index < -0.39 is 15.8 Å². The van der Waals surface area contributed by atoms with Gasteiger partial charge in [0.05, 0.1) is 23.3 Å². The van der Waals surface area contributed by atoms with Crippen molar-refractivity contribution >= 4 is 15.8 Å². The molecule has 0 unspecified atom stereocenters. The maximum absolute atomic E-state index is 11.7. The van der Waals surface area contributed by atoms with Crippen molar-refractivity contribution in [3.8, 4) is 0 Å². The minimum Gasteiger partial charge on any atom is -0.465 e. The second-order valence-corrected chi connectivity index (χ2v) is 5.62. The largest absolute Gasteiger partial charge is 0.465 e. The van der Waals surface area contributed by atoms with Crippen molar-refractivity contribution in [3.05, 3.63) is 29.3 Å². The molecular weight excluding hydrogens is 228 g/mol. The highest BCUT2D eigenvalue weighted by Gasteiger charge is 2.17. The average molecular weight is 242 g/mol. The van der Waals surface area contributed by atoms with Crippen LogP contribution in [0.5, 0.6) is 0 Å². The van der Waals surface area contributed by atoms with Gasteiger partial charge in [-0.25, -0.2) is 13.2 Å². The first kappa shape index (κ1) is 12.7. The van der Waals surface area contributed by atoms with Crippen molar-refractivity contribution in [3.63, 3.8) is 0 Å². The Balaban J connectivity index is 3.36. The van der Waals surface area contributed by atoms with Gasteiger partial charge in [-0.1, -0.05) is 13.0 Å². The molecular formula is C11H14O4S. The molecule has 1 aromatic carbocycles. The quantitative estimate of drug-likeness (QED) is 0.755. The molecule has 0 amide bonds. The molecule has 0 spiro atoms. The Hall–Kier alpha value is -1.36. The van der Waals surface area contributed by atoms with Gasteiger partial charge in [-0.15, -0.1) is 0 Å². The summed E-state index contributed by atoms with van der Waals surface area (Å²) in [6.45, 7) is 3.27. The van der Waals surface area contributed by atoms with E-state index in [2.05, 4.69) is 4.74 Å². The Kier molecular flexibility index (Phi) is 3.70. The molecule has 0 fully saturated rings. The lowest BCUT2D eigenvalue weighted by atomic mass is 10.1. The van der Waals surface area contributed by atoms with Gasteiger partial charge in [0.15, 0.2) is 9.84 Å². The molecule has 16 heavy (non-hydrogen) atoms. The van der Waals surface area contributed by atoms with Gasteiger partial charge < -0.3 is 4.74 Å². The first-order valence-corrected chi connectivity index (χ1v) is 6.49. The van der Waals surface area contributed by atoms with Crippen LogP contribution in [0.2, 0.25) is 0 Å². The van der Waals surface area contributed by atoms with E-state index in [1.54, 1.807) is 26.0 Å². The average Bonchev–Trinajstić information content (AvgIpc) is 2.28. The second-order valence-electron chi connectivity index (χ2n) is 3.38. The molecule has 0 aromatic heterocycles. The molecule has 0 saturated carbocycles. The van der Waals surface area contributed by atoms with Crippen molar-refractivity contribution in [1.82, 2.24) is 0 Å². The lowest BCUT2D eigenvalue weighted by Crippen LogP contribution is -2.09. The van der Waals surface area contributed by atoms with Gasteiger partial charge in [-0.3, -0.25) is 0 Å². The van der Waals surface area contributed by atoms with E-state index in [1.807, 2.05) is 0 Å². The van der Waals surface area contributed by atoms with Gasteiger partial charge in [0.25, 0.3) is 0 Å². The lowest BCUT2D eigenvalue weighted by Gasteiger charge is -2.07. The van der Waals surface area contributed by atoms with E-state index in [1.165, 1.54) is 13.2 Å². The third kappa shape index (κ3) is 2.41. The Labute approximate surface area is 95.2 Å². The highest BCUT2D eigenvalue weighted by atomic mass is 32.2. The first-order valence-electron chi connectivity index (χ1n) is 4.84. The van der Waals surface area contributed by atoms with Crippen molar-refractivity contribution in [2.45, 2.75) is 18.7 Å². The predicted octanol–water partition coefficient (Wildman–Crippen LogP) is 1.58.